The van der Waals surface area contributed by atoms with E-state index in [2.05, 4.69) is 15.0 Å². The minimum Gasteiger partial charge on any atom is -0.465 e. The van der Waals surface area contributed by atoms with Crippen LogP contribution in [0.25, 0.3) is 10.8 Å². The Labute approximate surface area is 152 Å². The third-order valence-corrected chi connectivity index (χ3v) is 5.36. The quantitative estimate of drug-likeness (QED) is 0.300. The van der Waals surface area contributed by atoms with E-state index in [0.29, 0.717) is 5.39 Å². The van der Waals surface area contributed by atoms with Gasteiger partial charge in [0.05, 0.1) is 12.8 Å². The van der Waals surface area contributed by atoms with Gasteiger partial charge in [0.15, 0.2) is 0 Å². The molecule has 0 fully saturated rings. The Morgan fingerprint density at radius 1 is 1.15 bits per heavy atom. The third kappa shape index (κ3) is 3.29. The van der Waals surface area contributed by atoms with Gasteiger partial charge in [0, 0.05) is 10.8 Å². The van der Waals surface area contributed by atoms with Gasteiger partial charge in [-0.05, 0) is 17.5 Å². The monoisotopic (exact) mass is 391 g/mol. The average Bonchev–Trinajstić information content (AvgIpc) is 3.08. The van der Waals surface area contributed by atoms with Gasteiger partial charge in [0.1, 0.15) is 21.1 Å². The maximum atomic E-state index is 11.7. The van der Waals surface area contributed by atoms with Crippen molar-refractivity contribution in [3.05, 3.63) is 46.7 Å². The van der Waals surface area contributed by atoms with Crippen molar-refractivity contribution in [1.82, 2.24) is 0 Å². The Kier molecular flexibility index (Phi) is 4.72. The Bertz CT molecular complexity index is 1140. The first-order chi connectivity index (χ1) is 12.3. The zero-order valence-corrected chi connectivity index (χ0v) is 15.0. The van der Waals surface area contributed by atoms with Crippen LogP contribution in [0.15, 0.2) is 56.9 Å². The third-order valence-electron chi connectivity index (χ3n) is 3.59. The Morgan fingerprint density at radius 2 is 1.81 bits per heavy atom. The Hall–Kier alpha value is -2.82. The van der Waals surface area contributed by atoms with Crippen molar-refractivity contribution in [3.63, 3.8) is 0 Å². The van der Waals surface area contributed by atoms with Crippen LogP contribution in [0, 0.1) is 0 Å². The fourth-order valence-electron chi connectivity index (χ4n) is 2.38. The molecule has 26 heavy (non-hydrogen) atoms. The maximum absolute atomic E-state index is 11.7. The normalized spacial score (nSPS) is 11.9. The number of hydrogen-bond donors (Lipinski definition) is 2. The number of thiophene rings is 1. The molecule has 3 aromatic rings. The molecule has 0 saturated heterocycles. The second kappa shape index (κ2) is 6.83. The molecule has 134 valence electrons. The van der Waals surface area contributed by atoms with Crippen molar-refractivity contribution < 1.29 is 22.5 Å². The van der Waals surface area contributed by atoms with Gasteiger partial charge in [-0.3, -0.25) is 4.55 Å². The summed E-state index contributed by atoms with van der Waals surface area (Å²) in [6.07, 6.45) is 0. The summed E-state index contributed by atoms with van der Waals surface area (Å²) in [6, 6.07) is 9.17. The molecule has 8 nitrogen and oxygen atoms in total. The molecule has 1 aromatic heterocycles. The van der Waals surface area contributed by atoms with Crippen LogP contribution in [0.5, 0.6) is 0 Å². The van der Waals surface area contributed by atoms with E-state index in [-0.39, 0.29) is 32.2 Å². The number of ether oxygens (including phenoxy) is 1. The van der Waals surface area contributed by atoms with E-state index < -0.39 is 16.1 Å². The molecule has 0 spiro atoms. The predicted octanol–water partition coefficient (Wildman–Crippen LogP) is 3.93. The average molecular weight is 391 g/mol. The summed E-state index contributed by atoms with van der Waals surface area (Å²) in [6.45, 7) is 0. The topological polar surface area (TPSA) is 131 Å². The van der Waals surface area contributed by atoms with Crippen LogP contribution in [0.2, 0.25) is 0 Å². The number of azo groups is 1. The number of hydrogen-bond acceptors (Lipinski definition) is 8. The number of nitrogen functional groups attached to an aromatic ring is 1. The number of carbonyl (C=O) groups excluding carboxylic acids is 1. The van der Waals surface area contributed by atoms with E-state index in [1.54, 1.807) is 29.6 Å². The molecule has 0 bridgehead atoms. The number of nitrogens with zero attached hydrogens (tertiary/aromatic N) is 2. The molecular weight excluding hydrogens is 378 g/mol. The number of carbonyl (C=O) groups is 1. The number of esters is 1. The molecule has 0 radical (unpaired) electrons. The van der Waals surface area contributed by atoms with Gasteiger partial charge in [0.25, 0.3) is 10.1 Å². The number of nitrogens with two attached hydrogens (primary N) is 1. The van der Waals surface area contributed by atoms with Gasteiger partial charge in [-0.15, -0.1) is 21.6 Å². The number of fused-ring (bicyclic) bond motifs is 1. The van der Waals surface area contributed by atoms with Crippen LogP contribution in [0.4, 0.5) is 17.1 Å². The van der Waals surface area contributed by atoms with Crippen LogP contribution in [0.1, 0.15) is 9.67 Å². The van der Waals surface area contributed by atoms with Crippen molar-refractivity contribution in [2.24, 2.45) is 10.2 Å². The van der Waals surface area contributed by atoms with Crippen molar-refractivity contribution in [2.75, 3.05) is 12.8 Å². The van der Waals surface area contributed by atoms with Gasteiger partial charge < -0.3 is 10.5 Å². The standard InChI is InChI=1S/C16H13N3O5S2/c1-24-16(20)15-11(6-7-25-15)18-19-12-8-13(26(21,22)23)9-4-2-3-5-10(9)14(12)17/h2-8H,17H2,1H3,(H,21,22,23). The maximum Gasteiger partial charge on any atom is 0.350 e. The number of rotatable bonds is 4. The van der Waals surface area contributed by atoms with Crippen LogP contribution in [-0.4, -0.2) is 26.0 Å². The lowest BCUT2D eigenvalue weighted by Crippen LogP contribution is -2.01. The molecule has 1 heterocycles. The summed E-state index contributed by atoms with van der Waals surface area (Å²) in [5.74, 6) is -0.556. The van der Waals surface area contributed by atoms with Crippen molar-refractivity contribution in [1.29, 1.82) is 0 Å². The van der Waals surface area contributed by atoms with Gasteiger partial charge in [0.2, 0.25) is 0 Å². The molecule has 0 unspecified atom stereocenters. The molecule has 10 heteroatoms. The fourth-order valence-corrected chi connectivity index (χ4v) is 3.84. The molecule has 3 N–H and O–H groups in total. The Morgan fingerprint density at radius 3 is 2.46 bits per heavy atom. The van der Waals surface area contributed by atoms with Crippen LogP contribution in [-0.2, 0) is 14.9 Å². The number of anilines is 1. The summed E-state index contributed by atoms with van der Waals surface area (Å²) < 4.78 is 37.6. The minimum atomic E-state index is -4.50. The van der Waals surface area contributed by atoms with E-state index in [1.807, 2.05) is 0 Å². The zero-order chi connectivity index (χ0) is 18.9. The molecule has 0 aliphatic rings. The first-order valence-corrected chi connectivity index (χ1v) is 9.51. The molecule has 0 aliphatic heterocycles. The van der Waals surface area contributed by atoms with Crippen LogP contribution in [0.3, 0.4) is 0 Å². The predicted molar refractivity (Wildman–Crippen MR) is 98.0 cm³/mol. The second-order valence-corrected chi connectivity index (χ2v) is 7.46. The molecule has 0 atom stereocenters. The van der Waals surface area contributed by atoms with E-state index in [0.717, 1.165) is 17.4 Å². The lowest BCUT2D eigenvalue weighted by molar-refractivity contribution is 0.0607. The zero-order valence-electron chi connectivity index (χ0n) is 13.4. The van der Waals surface area contributed by atoms with Crippen molar-refractivity contribution >= 4 is 55.3 Å². The van der Waals surface area contributed by atoms with E-state index >= 15 is 0 Å². The summed E-state index contributed by atoms with van der Waals surface area (Å²) in [5.41, 5.74) is 6.60. The van der Waals surface area contributed by atoms with Crippen molar-refractivity contribution in [2.45, 2.75) is 4.90 Å². The SMILES string of the molecule is COC(=O)c1sccc1N=Nc1cc(S(=O)(=O)O)c2ccccc2c1N. The van der Waals surface area contributed by atoms with E-state index in [4.69, 9.17) is 5.73 Å². The molecule has 0 aliphatic carbocycles. The number of methoxy groups -OCH3 is 1. The number of benzene rings is 2. The first-order valence-electron chi connectivity index (χ1n) is 7.19. The highest BCUT2D eigenvalue weighted by molar-refractivity contribution is 7.86. The first kappa shape index (κ1) is 18.0. The minimum absolute atomic E-state index is 0.0540. The molecule has 3 rings (SSSR count). The highest BCUT2D eigenvalue weighted by Gasteiger charge is 2.19. The van der Waals surface area contributed by atoms with Crippen LogP contribution < -0.4 is 5.73 Å². The van der Waals surface area contributed by atoms with Gasteiger partial charge in [-0.1, -0.05) is 24.3 Å². The summed E-state index contributed by atoms with van der Waals surface area (Å²) in [7, 11) is -3.24. The van der Waals surface area contributed by atoms with E-state index in [9.17, 15) is 17.8 Å². The van der Waals surface area contributed by atoms with Crippen LogP contribution >= 0.6 is 11.3 Å². The fraction of sp³-hybridized carbons (Fsp3) is 0.0625. The van der Waals surface area contributed by atoms with Crippen molar-refractivity contribution in [3.8, 4) is 0 Å². The molecule has 0 amide bonds. The Balaban J connectivity index is 2.16. The van der Waals surface area contributed by atoms with Gasteiger partial charge in [-0.25, -0.2) is 4.79 Å². The summed E-state index contributed by atoms with van der Waals surface area (Å²) in [5, 5.41) is 10.3. The summed E-state index contributed by atoms with van der Waals surface area (Å²) in [4.78, 5) is 11.6. The largest absolute Gasteiger partial charge is 0.465 e. The second-order valence-electron chi connectivity index (χ2n) is 5.15. The van der Waals surface area contributed by atoms with E-state index in [1.165, 1.54) is 13.2 Å². The summed E-state index contributed by atoms with van der Waals surface area (Å²) >= 11 is 1.14. The highest BCUT2D eigenvalue weighted by atomic mass is 32.2. The highest BCUT2D eigenvalue weighted by Crippen LogP contribution is 2.37. The smallest absolute Gasteiger partial charge is 0.350 e. The lowest BCUT2D eigenvalue weighted by atomic mass is 10.1. The van der Waals surface area contributed by atoms with Gasteiger partial charge in [-0.2, -0.15) is 8.42 Å². The van der Waals surface area contributed by atoms with Gasteiger partial charge >= 0.3 is 5.97 Å². The molecular formula is C16H13N3O5S2. The molecule has 0 saturated carbocycles. The lowest BCUT2D eigenvalue weighted by Gasteiger charge is -2.09. The molecule has 2 aromatic carbocycles.